The van der Waals surface area contributed by atoms with E-state index in [1.165, 1.54) is 7.11 Å². The Hall–Kier alpha value is -0.870. The lowest BCUT2D eigenvalue weighted by Crippen LogP contribution is -1.85. The summed E-state index contributed by atoms with van der Waals surface area (Å²) in [5, 5.41) is 12.5. The molecule has 0 spiro atoms. The summed E-state index contributed by atoms with van der Waals surface area (Å²) in [4.78, 5) is 0.693. The molecular formula is C9H8O2S2. The zero-order valence-corrected chi connectivity index (χ0v) is 8.65. The van der Waals surface area contributed by atoms with Gasteiger partial charge < -0.3 is 9.84 Å². The molecular weight excluding hydrogens is 204 g/mol. The number of hydrogen-bond donors (Lipinski definition) is 2. The summed E-state index contributed by atoms with van der Waals surface area (Å²) < 4.78 is 6.05. The maximum Gasteiger partial charge on any atom is 0.174 e. The first kappa shape index (κ1) is 8.72. The van der Waals surface area contributed by atoms with Gasteiger partial charge in [-0.05, 0) is 11.4 Å². The molecule has 13 heavy (non-hydrogen) atoms. The van der Waals surface area contributed by atoms with E-state index in [1.54, 1.807) is 17.4 Å². The van der Waals surface area contributed by atoms with E-state index in [2.05, 4.69) is 12.6 Å². The van der Waals surface area contributed by atoms with Crippen molar-refractivity contribution in [2.45, 2.75) is 4.90 Å². The summed E-state index contributed by atoms with van der Waals surface area (Å²) in [5.41, 5.74) is 0. The SMILES string of the molecule is COc1c(O)cc2sccc2c1S. The number of phenols is 1. The van der Waals surface area contributed by atoms with E-state index in [9.17, 15) is 5.11 Å². The average molecular weight is 212 g/mol. The zero-order valence-electron chi connectivity index (χ0n) is 6.94. The van der Waals surface area contributed by atoms with Crippen LogP contribution in [0.3, 0.4) is 0 Å². The molecule has 2 rings (SSSR count). The Morgan fingerprint density at radius 1 is 1.54 bits per heavy atom. The summed E-state index contributed by atoms with van der Waals surface area (Å²) in [5.74, 6) is 0.580. The van der Waals surface area contributed by atoms with Gasteiger partial charge in [0.25, 0.3) is 0 Å². The molecule has 1 N–H and O–H groups in total. The van der Waals surface area contributed by atoms with Crippen LogP contribution in [0.2, 0.25) is 0 Å². The molecule has 0 aliphatic heterocycles. The van der Waals surface area contributed by atoms with Gasteiger partial charge in [-0.2, -0.15) is 0 Å². The Morgan fingerprint density at radius 3 is 3.00 bits per heavy atom. The van der Waals surface area contributed by atoms with E-state index < -0.39 is 0 Å². The third-order valence-corrected chi connectivity index (χ3v) is 3.18. The monoisotopic (exact) mass is 212 g/mol. The predicted octanol–water partition coefficient (Wildman–Crippen LogP) is 2.90. The van der Waals surface area contributed by atoms with Gasteiger partial charge in [0.05, 0.1) is 12.0 Å². The highest BCUT2D eigenvalue weighted by Gasteiger charge is 2.10. The van der Waals surface area contributed by atoms with E-state index in [0.29, 0.717) is 10.6 Å². The highest BCUT2D eigenvalue weighted by Crippen LogP contribution is 2.40. The van der Waals surface area contributed by atoms with E-state index in [0.717, 1.165) is 10.1 Å². The fraction of sp³-hybridized carbons (Fsp3) is 0.111. The summed E-state index contributed by atoms with van der Waals surface area (Å²) in [7, 11) is 1.52. The molecule has 0 unspecified atom stereocenters. The lowest BCUT2D eigenvalue weighted by Gasteiger charge is -2.06. The molecule has 0 saturated heterocycles. The van der Waals surface area contributed by atoms with Crippen LogP contribution in [0, 0.1) is 0 Å². The number of hydrogen-bond acceptors (Lipinski definition) is 4. The Kier molecular flexibility index (Phi) is 2.09. The van der Waals surface area contributed by atoms with Gasteiger partial charge in [-0.1, -0.05) is 0 Å². The molecule has 1 heterocycles. The molecule has 0 aliphatic rings. The lowest BCUT2D eigenvalue weighted by molar-refractivity contribution is 0.366. The van der Waals surface area contributed by atoms with Crippen LogP contribution >= 0.6 is 24.0 Å². The number of methoxy groups -OCH3 is 1. The van der Waals surface area contributed by atoms with E-state index in [4.69, 9.17) is 4.74 Å². The summed E-state index contributed by atoms with van der Waals surface area (Å²) in [6, 6.07) is 3.66. The van der Waals surface area contributed by atoms with Gasteiger partial charge >= 0.3 is 0 Å². The van der Waals surface area contributed by atoms with Crippen LogP contribution in [-0.2, 0) is 0 Å². The van der Waals surface area contributed by atoms with Crippen molar-refractivity contribution in [2.24, 2.45) is 0 Å². The molecule has 68 valence electrons. The summed E-state index contributed by atoms with van der Waals surface area (Å²) in [6.07, 6.45) is 0. The highest BCUT2D eigenvalue weighted by molar-refractivity contribution is 7.80. The topological polar surface area (TPSA) is 29.5 Å². The van der Waals surface area contributed by atoms with Crippen molar-refractivity contribution in [1.82, 2.24) is 0 Å². The van der Waals surface area contributed by atoms with E-state index in [-0.39, 0.29) is 5.75 Å². The molecule has 0 atom stereocenters. The minimum Gasteiger partial charge on any atom is -0.504 e. The van der Waals surface area contributed by atoms with Gasteiger partial charge in [0.15, 0.2) is 11.5 Å². The lowest BCUT2D eigenvalue weighted by atomic mass is 10.2. The molecule has 0 amide bonds. The van der Waals surface area contributed by atoms with Crippen molar-refractivity contribution in [3.63, 3.8) is 0 Å². The Morgan fingerprint density at radius 2 is 2.31 bits per heavy atom. The maximum absolute atomic E-state index is 9.54. The van der Waals surface area contributed by atoms with Crippen LogP contribution in [0.25, 0.3) is 10.1 Å². The van der Waals surface area contributed by atoms with E-state index in [1.807, 2.05) is 11.4 Å². The molecule has 4 heteroatoms. The zero-order chi connectivity index (χ0) is 9.42. The number of fused-ring (bicyclic) bond motifs is 1. The van der Waals surface area contributed by atoms with Gasteiger partial charge in [0.1, 0.15) is 0 Å². The average Bonchev–Trinajstić information content (AvgIpc) is 2.53. The largest absolute Gasteiger partial charge is 0.504 e. The van der Waals surface area contributed by atoms with Crippen molar-refractivity contribution in [3.05, 3.63) is 17.5 Å². The normalized spacial score (nSPS) is 10.6. The number of ether oxygens (including phenoxy) is 1. The van der Waals surface area contributed by atoms with Crippen LogP contribution in [0.15, 0.2) is 22.4 Å². The van der Waals surface area contributed by atoms with Crippen molar-refractivity contribution in [1.29, 1.82) is 0 Å². The predicted molar refractivity (Wildman–Crippen MR) is 57.3 cm³/mol. The van der Waals surface area contributed by atoms with Crippen LogP contribution < -0.4 is 4.74 Å². The number of rotatable bonds is 1. The standard InChI is InChI=1S/C9H8O2S2/c1-11-8-6(10)4-7-5(9(8)12)2-3-13-7/h2-4,10,12H,1H3. The molecule has 1 aromatic heterocycles. The van der Waals surface area contributed by atoms with Gasteiger partial charge in [-0.25, -0.2) is 0 Å². The van der Waals surface area contributed by atoms with Crippen LogP contribution in [0.1, 0.15) is 0 Å². The third kappa shape index (κ3) is 1.26. The van der Waals surface area contributed by atoms with Crippen molar-refractivity contribution in [2.75, 3.05) is 7.11 Å². The Labute approximate surface area is 85.2 Å². The molecule has 0 fully saturated rings. The first-order valence-electron chi connectivity index (χ1n) is 3.70. The van der Waals surface area contributed by atoms with Crippen molar-refractivity contribution in [3.8, 4) is 11.5 Å². The minimum absolute atomic E-state index is 0.141. The smallest absolute Gasteiger partial charge is 0.174 e. The molecule has 0 aliphatic carbocycles. The van der Waals surface area contributed by atoms with Gasteiger partial charge in [0, 0.05) is 16.2 Å². The fourth-order valence-corrected chi connectivity index (χ4v) is 2.57. The molecule has 0 radical (unpaired) electrons. The minimum atomic E-state index is 0.141. The van der Waals surface area contributed by atoms with Crippen LogP contribution in [0.4, 0.5) is 0 Å². The number of phenolic OH excluding ortho intramolecular Hbond substituents is 1. The van der Waals surface area contributed by atoms with Gasteiger partial charge in [0.2, 0.25) is 0 Å². The molecule has 0 saturated carbocycles. The Bertz CT molecular complexity index is 448. The van der Waals surface area contributed by atoms with Crippen molar-refractivity contribution >= 4 is 34.1 Å². The number of aromatic hydroxyl groups is 1. The Balaban J connectivity index is 2.85. The van der Waals surface area contributed by atoms with E-state index >= 15 is 0 Å². The first-order chi connectivity index (χ1) is 6.24. The second-order valence-electron chi connectivity index (χ2n) is 2.61. The second kappa shape index (κ2) is 3.12. The molecule has 2 aromatic rings. The summed E-state index contributed by atoms with van der Waals surface area (Å²) >= 11 is 5.87. The third-order valence-electron chi connectivity index (χ3n) is 1.87. The second-order valence-corrected chi connectivity index (χ2v) is 4.00. The van der Waals surface area contributed by atoms with Crippen molar-refractivity contribution < 1.29 is 9.84 Å². The summed E-state index contributed by atoms with van der Waals surface area (Å²) in [6.45, 7) is 0. The number of benzene rings is 1. The molecule has 2 nitrogen and oxygen atoms in total. The quantitative estimate of drug-likeness (QED) is 0.712. The molecule has 1 aromatic carbocycles. The maximum atomic E-state index is 9.54. The number of thiol groups is 1. The van der Waals surface area contributed by atoms with Crippen LogP contribution in [0.5, 0.6) is 11.5 Å². The fourth-order valence-electron chi connectivity index (χ4n) is 1.26. The molecule has 0 bridgehead atoms. The highest BCUT2D eigenvalue weighted by atomic mass is 32.1. The van der Waals surface area contributed by atoms with Gasteiger partial charge in [-0.3, -0.25) is 0 Å². The first-order valence-corrected chi connectivity index (χ1v) is 5.03. The van der Waals surface area contributed by atoms with Gasteiger partial charge in [-0.15, -0.1) is 24.0 Å². The number of thiophene rings is 1. The van der Waals surface area contributed by atoms with Crippen LogP contribution in [-0.4, -0.2) is 12.2 Å².